The number of hydrogen-bond donors (Lipinski definition) is 0. The van der Waals surface area contributed by atoms with Gasteiger partial charge in [0.25, 0.3) is 13.4 Å². The minimum absolute atomic E-state index is 0.0105. The van der Waals surface area contributed by atoms with E-state index in [1.807, 2.05) is 11.8 Å². The van der Waals surface area contributed by atoms with Gasteiger partial charge in [-0.25, -0.2) is 0 Å². The van der Waals surface area contributed by atoms with Crippen molar-refractivity contribution in [1.29, 1.82) is 0 Å². The average molecular weight is 792 g/mol. The Bertz CT molecular complexity index is 3710. The van der Waals surface area contributed by atoms with Crippen LogP contribution in [0.1, 0.15) is 0 Å². The van der Waals surface area contributed by atoms with Crippen LogP contribution in [0.4, 0.5) is 17.1 Å². The number of para-hydroxylation sites is 5. The van der Waals surface area contributed by atoms with E-state index in [2.05, 4.69) is 202 Å². The Hall–Kier alpha value is -7.34. The van der Waals surface area contributed by atoms with E-state index in [9.17, 15) is 0 Å². The van der Waals surface area contributed by atoms with Crippen LogP contribution in [-0.2, 0) is 0 Å². The van der Waals surface area contributed by atoms with Crippen molar-refractivity contribution in [2.75, 3.05) is 4.90 Å². The Morgan fingerprint density at radius 1 is 0.393 bits per heavy atom. The lowest BCUT2D eigenvalue weighted by molar-refractivity contribution is 0.486. The summed E-state index contributed by atoms with van der Waals surface area (Å²) in [5.41, 5.74) is 18.7. The lowest BCUT2D eigenvalue weighted by Crippen LogP contribution is -2.62. The lowest BCUT2D eigenvalue weighted by atomic mass is 9.31. The quantitative estimate of drug-likeness (QED) is 0.167. The third kappa shape index (κ3) is 4.14. The predicted molar refractivity (Wildman–Crippen MR) is 256 cm³/mol. The van der Waals surface area contributed by atoms with Gasteiger partial charge in [-0.05, 0) is 88.0 Å². The van der Waals surface area contributed by atoms with E-state index in [1.54, 1.807) is 0 Å². The molecule has 11 aromatic rings. The van der Waals surface area contributed by atoms with Crippen LogP contribution in [0.2, 0.25) is 0 Å². The molecule has 0 fully saturated rings. The zero-order valence-corrected chi connectivity index (χ0v) is 33.5. The Labute approximate surface area is 356 Å². The van der Waals surface area contributed by atoms with Gasteiger partial charge in [0.1, 0.15) is 11.5 Å². The maximum Gasteiger partial charge on any atom is 0.253 e. The van der Waals surface area contributed by atoms with Crippen LogP contribution >= 0.6 is 11.8 Å². The fraction of sp³-hybridized carbons (Fsp3) is 0. The van der Waals surface area contributed by atoms with Crippen molar-refractivity contribution >= 4 is 119 Å². The van der Waals surface area contributed by atoms with Gasteiger partial charge in [-0.3, -0.25) is 0 Å². The minimum Gasteiger partial charge on any atom is -0.458 e. The first kappa shape index (κ1) is 32.5. The third-order valence-corrected chi connectivity index (χ3v) is 14.9. The monoisotopic (exact) mass is 791 g/mol. The predicted octanol–water partition coefficient (Wildman–Crippen LogP) is 9.58. The molecule has 0 spiro atoms. The smallest absolute Gasteiger partial charge is 0.253 e. The van der Waals surface area contributed by atoms with Crippen LogP contribution in [0.3, 0.4) is 0 Å². The van der Waals surface area contributed by atoms with E-state index in [4.69, 9.17) is 4.74 Å². The number of rotatable bonds is 3. The molecule has 4 nitrogen and oxygen atoms in total. The van der Waals surface area contributed by atoms with Crippen molar-refractivity contribution in [3.05, 3.63) is 188 Å². The molecule has 0 amide bonds. The molecule has 280 valence electrons. The summed E-state index contributed by atoms with van der Waals surface area (Å²) in [5, 5.41) is 5.19. The van der Waals surface area contributed by atoms with Gasteiger partial charge in [0.15, 0.2) is 0 Å². The topological polar surface area (TPSA) is 22.3 Å². The number of benzene rings is 9. The van der Waals surface area contributed by atoms with Gasteiger partial charge in [0.05, 0.1) is 27.8 Å². The standard InChI is InChI=1S/C54H31B2N3OS/c1-3-15-32(16-4-1)57(33-17-5-2-6-18-33)34-27-48-51-50(28-34)61-49-26-14-10-22-40(49)56(51)42-30-41-46(31-47(42)60-48)59-44-24-12-8-20-36(44)38-29-37-35-19-7-11-23-43(35)58-45-25-13-9-21-39(45)55(41)52(53(37)58)54(38)59/h1-31H. The van der Waals surface area contributed by atoms with Crippen LogP contribution in [0.5, 0.6) is 11.5 Å². The summed E-state index contributed by atoms with van der Waals surface area (Å²) in [6.07, 6.45) is 0. The van der Waals surface area contributed by atoms with Gasteiger partial charge < -0.3 is 18.8 Å². The normalized spacial score (nSPS) is 13.6. The third-order valence-electron chi connectivity index (χ3n) is 13.8. The van der Waals surface area contributed by atoms with Gasteiger partial charge in [-0.2, -0.15) is 0 Å². The summed E-state index contributed by atoms with van der Waals surface area (Å²) in [5.74, 6) is 1.83. The second kappa shape index (κ2) is 11.7. The minimum atomic E-state index is 0.0105. The molecule has 2 aromatic heterocycles. The average Bonchev–Trinajstić information content (AvgIpc) is 3.83. The fourth-order valence-electron chi connectivity index (χ4n) is 11.4. The summed E-state index contributed by atoms with van der Waals surface area (Å²) in [7, 11) is 0. The molecule has 0 atom stereocenters. The maximum atomic E-state index is 7.34. The van der Waals surface area contributed by atoms with E-state index in [0.29, 0.717) is 0 Å². The van der Waals surface area contributed by atoms with Crippen molar-refractivity contribution in [3.8, 4) is 22.9 Å². The first-order valence-corrected chi connectivity index (χ1v) is 21.9. The molecule has 7 heteroatoms. The van der Waals surface area contributed by atoms with Gasteiger partial charge in [-0.15, -0.1) is 0 Å². The summed E-state index contributed by atoms with van der Waals surface area (Å²) < 4.78 is 12.4. The van der Waals surface area contributed by atoms with Crippen LogP contribution < -0.4 is 42.4 Å². The highest BCUT2D eigenvalue weighted by molar-refractivity contribution is 8.00. The van der Waals surface area contributed by atoms with Crippen molar-refractivity contribution in [2.24, 2.45) is 0 Å². The highest BCUT2D eigenvalue weighted by atomic mass is 32.2. The molecule has 0 radical (unpaired) electrons. The summed E-state index contributed by atoms with van der Waals surface area (Å²) in [6, 6.07) is 69.4. The Balaban J connectivity index is 1.04. The Kier molecular flexibility index (Phi) is 6.23. The number of aromatic nitrogens is 2. The van der Waals surface area contributed by atoms with Gasteiger partial charge >= 0.3 is 0 Å². The molecule has 0 aliphatic carbocycles. The van der Waals surface area contributed by atoms with Gasteiger partial charge in [-0.1, -0.05) is 132 Å². The molecule has 9 aromatic carbocycles. The second-order valence-corrected chi connectivity index (χ2v) is 17.8. The largest absolute Gasteiger partial charge is 0.458 e. The van der Waals surface area contributed by atoms with E-state index in [0.717, 1.165) is 28.6 Å². The number of hydrogen-bond acceptors (Lipinski definition) is 3. The molecule has 61 heavy (non-hydrogen) atoms. The summed E-state index contributed by atoms with van der Waals surface area (Å²) in [6.45, 7) is 0.0504. The first-order chi connectivity index (χ1) is 30.3. The number of ether oxygens (including phenoxy) is 1. The van der Waals surface area contributed by atoms with Gasteiger partial charge in [0, 0.05) is 66.2 Å². The van der Waals surface area contributed by atoms with Gasteiger partial charge in [0.2, 0.25) is 0 Å². The molecule has 0 saturated carbocycles. The van der Waals surface area contributed by atoms with Crippen molar-refractivity contribution in [3.63, 3.8) is 0 Å². The molecule has 6 heterocycles. The molecule has 4 aliphatic rings. The fourth-order valence-corrected chi connectivity index (χ4v) is 12.6. The molecule has 0 N–H and O–H groups in total. The van der Waals surface area contributed by atoms with Crippen LogP contribution in [0.15, 0.2) is 198 Å². The van der Waals surface area contributed by atoms with Crippen LogP contribution in [0, 0.1) is 0 Å². The molecular weight excluding hydrogens is 760 g/mol. The molecule has 0 bridgehead atoms. The zero-order valence-electron chi connectivity index (χ0n) is 32.7. The van der Waals surface area contributed by atoms with E-state index in [1.165, 1.54) is 97.6 Å². The van der Waals surface area contributed by atoms with Crippen molar-refractivity contribution < 1.29 is 4.74 Å². The zero-order chi connectivity index (χ0) is 39.5. The second-order valence-electron chi connectivity index (χ2n) is 16.8. The summed E-state index contributed by atoms with van der Waals surface area (Å²) >= 11 is 1.86. The molecule has 0 saturated heterocycles. The molecule has 4 aliphatic heterocycles. The van der Waals surface area contributed by atoms with E-state index < -0.39 is 0 Å². The SMILES string of the molecule is c1ccc(N(c2ccccc2)c2cc3c4c(c2)Sc2ccccc2B4c2cc4c(cc2O3)-n2c3ccccc3c3cc5c6ccccc6n6c5c(c32)B4c2ccccc2-6)cc1. The molecular formula is C54H31B2N3OS. The highest BCUT2D eigenvalue weighted by Crippen LogP contribution is 2.45. The van der Waals surface area contributed by atoms with Crippen LogP contribution in [-0.4, -0.2) is 22.6 Å². The number of nitrogens with zero attached hydrogens (tertiary/aromatic N) is 3. The Morgan fingerprint density at radius 2 is 0.984 bits per heavy atom. The van der Waals surface area contributed by atoms with Crippen molar-refractivity contribution in [2.45, 2.75) is 9.79 Å². The first-order valence-electron chi connectivity index (χ1n) is 21.1. The lowest BCUT2D eigenvalue weighted by Gasteiger charge is -2.37. The van der Waals surface area contributed by atoms with Crippen LogP contribution in [0.25, 0.3) is 55.0 Å². The number of fused-ring (bicyclic) bond motifs is 16. The van der Waals surface area contributed by atoms with Crippen molar-refractivity contribution in [1.82, 2.24) is 9.13 Å². The molecule has 15 rings (SSSR count). The molecule has 0 unspecified atom stereocenters. The Morgan fingerprint density at radius 3 is 1.70 bits per heavy atom. The summed E-state index contributed by atoms with van der Waals surface area (Å²) in [4.78, 5) is 4.87. The van der Waals surface area contributed by atoms with E-state index >= 15 is 0 Å². The number of anilines is 3. The van der Waals surface area contributed by atoms with E-state index in [-0.39, 0.29) is 13.4 Å². The highest BCUT2D eigenvalue weighted by Gasteiger charge is 2.45. The maximum absolute atomic E-state index is 7.34.